The number of alkyl halides is 2. The molecule has 2 fully saturated rings. The largest absolute Gasteiger partial charge is 0.434 e. The first-order chi connectivity index (χ1) is 21.9. The molecule has 46 heavy (non-hydrogen) atoms. The number of nitrogens with zero attached hydrogens (tertiary/aromatic N) is 4. The number of ether oxygens (including phenoxy) is 1. The Bertz CT molecular complexity index is 2000. The summed E-state index contributed by atoms with van der Waals surface area (Å²) in [6.07, 6.45) is 10.9. The summed E-state index contributed by atoms with van der Waals surface area (Å²) in [6, 6.07) is 6.12. The van der Waals surface area contributed by atoms with Crippen molar-refractivity contribution in [3.63, 3.8) is 0 Å². The third-order valence-corrected chi connectivity index (χ3v) is 9.84. The van der Waals surface area contributed by atoms with Crippen LogP contribution in [-0.2, 0) is 10.0 Å². The van der Waals surface area contributed by atoms with Crippen LogP contribution in [0.5, 0.6) is 5.75 Å². The number of fused-ring (bicyclic) bond motifs is 1. The van der Waals surface area contributed by atoms with Crippen LogP contribution in [0.15, 0.2) is 47.3 Å². The lowest BCUT2D eigenvalue weighted by Crippen LogP contribution is -2.42. The number of nitrogens with one attached hydrogen (secondary N) is 1. The van der Waals surface area contributed by atoms with Gasteiger partial charge in [0, 0.05) is 59.7 Å². The van der Waals surface area contributed by atoms with Gasteiger partial charge in [-0.2, -0.15) is 8.78 Å². The summed E-state index contributed by atoms with van der Waals surface area (Å²) in [5, 5.41) is 5.51. The zero-order valence-electron chi connectivity index (χ0n) is 24.4. The van der Waals surface area contributed by atoms with Crippen molar-refractivity contribution in [1.82, 2.24) is 19.8 Å². The number of amides is 1. The van der Waals surface area contributed by atoms with Crippen molar-refractivity contribution in [2.75, 3.05) is 24.2 Å². The predicted molar refractivity (Wildman–Crippen MR) is 169 cm³/mol. The Morgan fingerprint density at radius 2 is 1.83 bits per heavy atom. The molecule has 1 saturated carbocycles. The number of carbonyl (C=O) groups excluding carboxylic acids is 1. The van der Waals surface area contributed by atoms with Crippen LogP contribution < -0.4 is 14.4 Å². The van der Waals surface area contributed by atoms with Crippen LogP contribution in [0, 0.1) is 5.41 Å². The van der Waals surface area contributed by atoms with Gasteiger partial charge >= 0.3 is 6.61 Å². The minimum atomic E-state index is -3.89. The van der Waals surface area contributed by atoms with Gasteiger partial charge in [-0.25, -0.2) is 18.1 Å². The molecule has 1 spiro atoms. The van der Waals surface area contributed by atoms with E-state index in [0.29, 0.717) is 27.2 Å². The number of anilines is 1. The minimum Gasteiger partial charge on any atom is -0.434 e. The summed E-state index contributed by atoms with van der Waals surface area (Å²) in [4.78, 5) is 22.8. The fourth-order valence-corrected chi connectivity index (χ4v) is 7.35. The average Bonchev–Trinajstić information content (AvgIpc) is 3.74. The second-order valence-corrected chi connectivity index (χ2v) is 14.6. The van der Waals surface area contributed by atoms with E-state index in [0.717, 1.165) is 80.1 Å². The number of allylic oxidation sites excluding steroid dienone is 2. The van der Waals surface area contributed by atoms with Crippen LogP contribution in [0.2, 0.25) is 10.0 Å². The van der Waals surface area contributed by atoms with Gasteiger partial charge < -0.3 is 14.2 Å². The fraction of sp³-hybridized carbons (Fsp3) is 0.355. The Kier molecular flexibility index (Phi) is 7.68. The Hall–Kier alpha value is -3.81. The number of benzene rings is 1. The van der Waals surface area contributed by atoms with E-state index in [-0.39, 0.29) is 27.8 Å². The van der Waals surface area contributed by atoms with E-state index in [4.69, 9.17) is 32.5 Å². The molecule has 0 radical (unpaired) electrons. The SMILES string of the molecule is CS(=O)(=O)NC(=O)c1cc(OC(F)F)c2cc(N3CCC4(C=C(c5c(-c6c(Cl)cncc6Cl)noc5C5CC5)C4)CC3)ccc2n1. The van der Waals surface area contributed by atoms with Gasteiger partial charge in [-0.1, -0.05) is 34.4 Å². The van der Waals surface area contributed by atoms with Gasteiger partial charge in [0.05, 0.1) is 21.8 Å². The molecule has 1 amide bonds. The number of hydrogen-bond acceptors (Lipinski definition) is 9. The second-order valence-electron chi connectivity index (χ2n) is 12.0. The summed E-state index contributed by atoms with van der Waals surface area (Å²) >= 11 is 13.0. The molecule has 0 atom stereocenters. The number of rotatable bonds is 8. The summed E-state index contributed by atoms with van der Waals surface area (Å²) in [7, 11) is -3.89. The highest BCUT2D eigenvalue weighted by molar-refractivity contribution is 7.89. The number of pyridine rings is 2. The van der Waals surface area contributed by atoms with Crippen molar-refractivity contribution < 1.29 is 31.3 Å². The summed E-state index contributed by atoms with van der Waals surface area (Å²) in [5.41, 5.74) is 4.04. The standard InChI is InChI=1S/C31H27Cl2F2N5O5S/c1-46(42,43)39-29(41)23-11-24(44-30(34)35)19-10-18(4-5-22(19)37-23)40-8-6-31(7-9-40)12-17(13-31)25-27(38-45-28(25)16-2-3-16)26-20(32)14-36-15-21(26)33/h4-5,10-12,14-16,30H,2-3,6-9,13H2,1H3,(H,39,41). The highest BCUT2D eigenvalue weighted by Gasteiger charge is 2.44. The van der Waals surface area contributed by atoms with Gasteiger partial charge in [-0.15, -0.1) is 0 Å². The molecule has 240 valence electrons. The van der Waals surface area contributed by atoms with Gasteiger partial charge in [0.25, 0.3) is 5.91 Å². The molecule has 3 aromatic heterocycles. The predicted octanol–water partition coefficient (Wildman–Crippen LogP) is 6.83. The molecule has 1 N–H and O–H groups in total. The topological polar surface area (TPSA) is 128 Å². The molecular weight excluding hydrogens is 663 g/mol. The first-order valence-corrected chi connectivity index (χ1v) is 17.2. The van der Waals surface area contributed by atoms with Crippen molar-refractivity contribution in [2.45, 2.75) is 44.6 Å². The van der Waals surface area contributed by atoms with Crippen LogP contribution in [-0.4, -0.2) is 55.4 Å². The lowest BCUT2D eigenvalue weighted by atomic mass is 9.63. The van der Waals surface area contributed by atoms with Crippen LogP contribution in [0.1, 0.15) is 59.8 Å². The maximum Gasteiger partial charge on any atom is 0.387 e. The van der Waals surface area contributed by atoms with E-state index in [1.54, 1.807) is 35.3 Å². The van der Waals surface area contributed by atoms with E-state index in [1.165, 1.54) is 0 Å². The van der Waals surface area contributed by atoms with Gasteiger partial charge in [-0.05, 0) is 61.3 Å². The number of carbonyl (C=O) groups is 1. The molecule has 15 heteroatoms. The highest BCUT2D eigenvalue weighted by atomic mass is 35.5. The Morgan fingerprint density at radius 3 is 2.46 bits per heavy atom. The maximum absolute atomic E-state index is 13.3. The molecule has 1 aliphatic heterocycles. The Morgan fingerprint density at radius 1 is 1.13 bits per heavy atom. The zero-order valence-corrected chi connectivity index (χ0v) is 26.7. The maximum atomic E-state index is 13.3. The smallest absolute Gasteiger partial charge is 0.387 e. The number of halogens is 4. The second kappa shape index (κ2) is 11.5. The van der Waals surface area contributed by atoms with Gasteiger partial charge in [0.2, 0.25) is 10.0 Å². The van der Waals surface area contributed by atoms with Crippen molar-refractivity contribution in [1.29, 1.82) is 0 Å². The monoisotopic (exact) mass is 689 g/mol. The molecule has 1 saturated heterocycles. The normalized spacial score (nSPS) is 17.7. The number of hydrogen-bond donors (Lipinski definition) is 1. The molecule has 0 bridgehead atoms. The van der Waals surface area contributed by atoms with Crippen LogP contribution in [0.4, 0.5) is 14.5 Å². The average molecular weight is 691 g/mol. The van der Waals surface area contributed by atoms with Crippen LogP contribution >= 0.6 is 23.2 Å². The van der Waals surface area contributed by atoms with E-state index < -0.39 is 22.5 Å². The molecule has 2 aliphatic carbocycles. The molecule has 4 aromatic rings. The molecule has 3 aliphatic rings. The molecule has 1 aromatic carbocycles. The highest BCUT2D eigenvalue weighted by Crippen LogP contribution is 2.56. The fourth-order valence-electron chi connectivity index (χ4n) is 6.37. The number of sulfonamides is 1. The van der Waals surface area contributed by atoms with E-state index in [2.05, 4.69) is 26.1 Å². The lowest BCUT2D eigenvalue weighted by Gasteiger charge is -2.47. The van der Waals surface area contributed by atoms with Crippen LogP contribution in [0.25, 0.3) is 27.7 Å². The summed E-state index contributed by atoms with van der Waals surface area (Å²) in [6.45, 7) is -1.72. The van der Waals surface area contributed by atoms with E-state index in [1.807, 2.05) is 0 Å². The molecule has 0 unspecified atom stereocenters. The third kappa shape index (κ3) is 5.91. The zero-order chi connectivity index (χ0) is 32.4. The molecule has 4 heterocycles. The summed E-state index contributed by atoms with van der Waals surface area (Å²) in [5.74, 6) is -0.107. The number of aromatic nitrogens is 3. The Balaban J connectivity index is 1.13. The van der Waals surface area contributed by atoms with E-state index in [9.17, 15) is 22.0 Å². The summed E-state index contributed by atoms with van der Waals surface area (Å²) < 4.78 is 62.0. The molecular formula is C31H27Cl2F2N5O5S. The first-order valence-electron chi connectivity index (χ1n) is 14.6. The van der Waals surface area contributed by atoms with Crippen LogP contribution in [0.3, 0.4) is 0 Å². The van der Waals surface area contributed by atoms with Gasteiger partial charge in [0.1, 0.15) is 22.9 Å². The van der Waals surface area contributed by atoms with E-state index >= 15 is 0 Å². The van der Waals surface area contributed by atoms with Crippen molar-refractivity contribution in [3.05, 3.63) is 69.8 Å². The Labute approximate surface area is 272 Å². The van der Waals surface area contributed by atoms with Crippen molar-refractivity contribution in [2.24, 2.45) is 5.41 Å². The third-order valence-electron chi connectivity index (χ3n) is 8.71. The minimum absolute atomic E-state index is 0.00272. The molecule has 10 nitrogen and oxygen atoms in total. The molecule has 7 rings (SSSR count). The quantitative estimate of drug-likeness (QED) is 0.212. The lowest BCUT2D eigenvalue weighted by molar-refractivity contribution is -0.0488. The van der Waals surface area contributed by atoms with Crippen molar-refractivity contribution >= 4 is 61.3 Å². The van der Waals surface area contributed by atoms with Gasteiger partial charge in [0.15, 0.2) is 0 Å². The first kappa shape index (κ1) is 30.8. The van der Waals surface area contributed by atoms with Gasteiger partial charge in [-0.3, -0.25) is 9.78 Å². The number of piperidine rings is 1. The van der Waals surface area contributed by atoms with Crippen molar-refractivity contribution in [3.8, 4) is 17.0 Å².